The van der Waals surface area contributed by atoms with E-state index in [1.807, 2.05) is 26.8 Å². The van der Waals surface area contributed by atoms with Gasteiger partial charge in [-0.05, 0) is 46.0 Å². The largest absolute Gasteiger partial charge is 0.444 e. The Balaban J connectivity index is 4.15. The summed E-state index contributed by atoms with van der Waals surface area (Å²) in [7, 11) is 0. The summed E-state index contributed by atoms with van der Waals surface area (Å²) < 4.78 is 5.25. The number of carbonyl (C=O) groups is 1. The predicted octanol–water partition coefficient (Wildman–Crippen LogP) is 3.34. The van der Waals surface area contributed by atoms with Crippen LogP contribution in [0.25, 0.3) is 0 Å². The highest BCUT2D eigenvalue weighted by atomic mass is 16.6. The lowest BCUT2D eigenvalue weighted by molar-refractivity contribution is 0.0514. The molecule has 0 saturated heterocycles. The number of carbonyl (C=O) groups excluding carboxylic acids is 1. The van der Waals surface area contributed by atoms with Crippen LogP contribution in [0.15, 0.2) is 12.7 Å². The molecule has 0 bridgehead atoms. The summed E-state index contributed by atoms with van der Waals surface area (Å²) in [5.74, 6) is 0.878. The lowest BCUT2D eigenvalue weighted by Crippen LogP contribution is -2.41. The predicted molar refractivity (Wildman–Crippen MR) is 84.8 cm³/mol. The Bertz CT molecular complexity index is 295. The van der Waals surface area contributed by atoms with Crippen LogP contribution in [-0.4, -0.2) is 30.8 Å². The van der Waals surface area contributed by atoms with E-state index >= 15 is 0 Å². The minimum absolute atomic E-state index is 0.345. The van der Waals surface area contributed by atoms with Crippen molar-refractivity contribution in [3.05, 3.63) is 12.7 Å². The third kappa shape index (κ3) is 9.84. The summed E-state index contributed by atoms with van der Waals surface area (Å²) in [4.78, 5) is 11.7. The minimum Gasteiger partial charge on any atom is -0.444 e. The highest BCUT2D eigenvalue weighted by molar-refractivity contribution is 5.67. The van der Waals surface area contributed by atoms with Crippen LogP contribution in [0.5, 0.6) is 0 Å². The van der Waals surface area contributed by atoms with Gasteiger partial charge in [-0.25, -0.2) is 4.79 Å². The van der Waals surface area contributed by atoms with Gasteiger partial charge in [0, 0.05) is 19.1 Å². The zero-order valence-corrected chi connectivity index (χ0v) is 14.0. The Hall–Kier alpha value is -1.03. The number of amides is 1. The maximum Gasteiger partial charge on any atom is 0.407 e. The van der Waals surface area contributed by atoms with Gasteiger partial charge in [-0.15, -0.1) is 6.58 Å². The molecule has 0 aliphatic heterocycles. The number of ether oxygens (including phenoxy) is 1. The van der Waals surface area contributed by atoms with Crippen LogP contribution in [0.2, 0.25) is 0 Å². The zero-order chi connectivity index (χ0) is 15.8. The average Bonchev–Trinajstić information content (AvgIpc) is 2.26. The van der Waals surface area contributed by atoms with E-state index in [1.54, 1.807) is 0 Å². The van der Waals surface area contributed by atoms with E-state index in [0.29, 0.717) is 24.4 Å². The van der Waals surface area contributed by atoms with E-state index in [0.717, 1.165) is 13.0 Å². The molecule has 0 saturated carbocycles. The zero-order valence-electron chi connectivity index (χ0n) is 14.0. The molecule has 0 rings (SSSR count). The molecule has 4 nitrogen and oxygen atoms in total. The van der Waals surface area contributed by atoms with Crippen LogP contribution >= 0.6 is 0 Å². The first-order chi connectivity index (χ1) is 9.15. The lowest BCUT2D eigenvalue weighted by atomic mass is 9.95. The molecule has 2 N–H and O–H groups in total. The maximum atomic E-state index is 11.7. The van der Waals surface area contributed by atoms with Crippen LogP contribution in [0, 0.1) is 11.8 Å². The number of hydrogen-bond acceptors (Lipinski definition) is 3. The molecule has 0 aliphatic carbocycles. The molecule has 0 aromatic heterocycles. The summed E-state index contributed by atoms with van der Waals surface area (Å²) in [6.07, 6.45) is 2.52. The first kappa shape index (κ1) is 19.0. The van der Waals surface area contributed by atoms with Crippen molar-refractivity contribution < 1.29 is 9.53 Å². The standard InChI is InChI=1S/C16H32N2O2/c1-8-9-13(4)17-10-14(12(2)3)11-18-15(19)20-16(5,6)7/h8,12-14,17H,1,9-11H2,2-7H3,(H,18,19). The van der Waals surface area contributed by atoms with Gasteiger partial charge in [0.25, 0.3) is 0 Å². The molecule has 118 valence electrons. The van der Waals surface area contributed by atoms with E-state index < -0.39 is 5.60 Å². The van der Waals surface area contributed by atoms with Crippen molar-refractivity contribution >= 4 is 6.09 Å². The van der Waals surface area contributed by atoms with E-state index in [4.69, 9.17) is 4.74 Å². The normalized spacial score (nSPS) is 14.8. The third-order valence-electron chi connectivity index (χ3n) is 3.10. The first-order valence-corrected chi connectivity index (χ1v) is 7.46. The van der Waals surface area contributed by atoms with Crippen LogP contribution in [-0.2, 0) is 4.74 Å². The smallest absolute Gasteiger partial charge is 0.407 e. The second-order valence-electron chi connectivity index (χ2n) is 6.72. The van der Waals surface area contributed by atoms with Crippen molar-refractivity contribution in [2.24, 2.45) is 11.8 Å². The summed E-state index contributed by atoms with van der Waals surface area (Å²) in [6, 6.07) is 0.412. The molecular formula is C16H32N2O2. The number of rotatable bonds is 8. The van der Waals surface area contributed by atoms with Gasteiger partial charge in [0.1, 0.15) is 5.60 Å². The Kier molecular flexibility index (Phi) is 8.54. The molecule has 2 atom stereocenters. The quantitative estimate of drug-likeness (QED) is 0.672. The Morgan fingerprint density at radius 3 is 2.30 bits per heavy atom. The SMILES string of the molecule is C=CCC(C)NCC(CNC(=O)OC(C)(C)C)C(C)C. The van der Waals surface area contributed by atoms with Crippen molar-refractivity contribution in [1.82, 2.24) is 10.6 Å². The molecule has 0 aromatic carbocycles. The Labute approximate surface area is 124 Å². The highest BCUT2D eigenvalue weighted by Gasteiger charge is 2.19. The van der Waals surface area contributed by atoms with E-state index in [-0.39, 0.29) is 6.09 Å². The van der Waals surface area contributed by atoms with Gasteiger partial charge in [-0.2, -0.15) is 0 Å². The van der Waals surface area contributed by atoms with Gasteiger partial charge in [-0.1, -0.05) is 19.9 Å². The molecule has 4 heteroatoms. The van der Waals surface area contributed by atoms with Gasteiger partial charge in [0.05, 0.1) is 0 Å². The molecule has 20 heavy (non-hydrogen) atoms. The average molecular weight is 284 g/mol. The topological polar surface area (TPSA) is 50.4 Å². The fourth-order valence-corrected chi connectivity index (χ4v) is 1.76. The van der Waals surface area contributed by atoms with Crippen molar-refractivity contribution in [3.8, 4) is 0 Å². The summed E-state index contributed by atoms with van der Waals surface area (Å²) in [5.41, 5.74) is -0.450. The first-order valence-electron chi connectivity index (χ1n) is 7.46. The van der Waals surface area contributed by atoms with Gasteiger partial charge in [-0.3, -0.25) is 0 Å². The monoisotopic (exact) mass is 284 g/mol. The van der Waals surface area contributed by atoms with Crippen LogP contribution in [0.3, 0.4) is 0 Å². The van der Waals surface area contributed by atoms with Gasteiger partial charge in [0.15, 0.2) is 0 Å². The summed E-state index contributed by atoms with van der Waals surface area (Å²) >= 11 is 0. The van der Waals surface area contributed by atoms with Gasteiger partial charge in [0.2, 0.25) is 0 Å². The number of alkyl carbamates (subject to hydrolysis) is 1. The summed E-state index contributed by atoms with van der Waals surface area (Å²) in [6.45, 7) is 17.3. The van der Waals surface area contributed by atoms with E-state index in [2.05, 4.69) is 38.0 Å². The van der Waals surface area contributed by atoms with Crippen molar-refractivity contribution in [2.75, 3.05) is 13.1 Å². The third-order valence-corrected chi connectivity index (χ3v) is 3.10. The molecule has 0 aromatic rings. The second-order valence-corrected chi connectivity index (χ2v) is 6.72. The van der Waals surface area contributed by atoms with E-state index in [9.17, 15) is 4.79 Å². The van der Waals surface area contributed by atoms with Crippen molar-refractivity contribution in [1.29, 1.82) is 0 Å². The fourth-order valence-electron chi connectivity index (χ4n) is 1.76. The molecular weight excluding hydrogens is 252 g/mol. The Morgan fingerprint density at radius 2 is 1.85 bits per heavy atom. The number of nitrogens with one attached hydrogen (secondary N) is 2. The molecule has 0 radical (unpaired) electrons. The highest BCUT2D eigenvalue weighted by Crippen LogP contribution is 2.11. The Morgan fingerprint density at radius 1 is 1.25 bits per heavy atom. The minimum atomic E-state index is -0.450. The van der Waals surface area contributed by atoms with Crippen LogP contribution < -0.4 is 10.6 Å². The van der Waals surface area contributed by atoms with Gasteiger partial charge >= 0.3 is 6.09 Å². The maximum absolute atomic E-state index is 11.7. The molecule has 0 fully saturated rings. The van der Waals surface area contributed by atoms with Crippen molar-refractivity contribution in [2.45, 2.75) is 59.6 Å². The van der Waals surface area contributed by atoms with Crippen LogP contribution in [0.4, 0.5) is 4.79 Å². The molecule has 0 aliphatic rings. The van der Waals surface area contributed by atoms with Crippen molar-refractivity contribution in [3.63, 3.8) is 0 Å². The summed E-state index contributed by atoms with van der Waals surface area (Å²) in [5, 5.41) is 6.33. The van der Waals surface area contributed by atoms with E-state index in [1.165, 1.54) is 0 Å². The second kappa shape index (κ2) is 9.01. The molecule has 2 unspecified atom stereocenters. The fraction of sp³-hybridized carbons (Fsp3) is 0.812. The number of hydrogen-bond donors (Lipinski definition) is 2. The lowest BCUT2D eigenvalue weighted by Gasteiger charge is -2.25. The molecule has 0 heterocycles. The van der Waals surface area contributed by atoms with Gasteiger partial charge < -0.3 is 15.4 Å². The molecule has 1 amide bonds. The van der Waals surface area contributed by atoms with Crippen LogP contribution in [0.1, 0.15) is 48.0 Å². The molecule has 0 spiro atoms.